The van der Waals surface area contributed by atoms with Gasteiger partial charge in [-0.3, -0.25) is 0 Å². The molecule has 51 heavy (non-hydrogen) atoms. The molecule has 0 radical (unpaired) electrons. The van der Waals surface area contributed by atoms with Crippen LogP contribution < -0.4 is 9.47 Å². The fraction of sp³-hybridized carbons (Fsp3) is 0.0952. The van der Waals surface area contributed by atoms with Gasteiger partial charge in [0.25, 0.3) is 0 Å². The second-order valence-electron chi connectivity index (χ2n) is 12.8. The number of benzene rings is 6. The van der Waals surface area contributed by atoms with E-state index in [1.165, 1.54) is 12.1 Å². The average molecular weight is 681 g/mol. The Bertz CT molecular complexity index is 2120. The molecule has 0 saturated carbocycles. The number of phenolic OH excluding ortho intramolecular Hbond substituents is 7. The summed E-state index contributed by atoms with van der Waals surface area (Å²) in [5.74, 6) is -0.409. The van der Waals surface area contributed by atoms with Crippen molar-refractivity contribution >= 4 is 12.2 Å². The molecule has 7 N–H and O–H groups in total. The van der Waals surface area contributed by atoms with Crippen LogP contribution >= 0.6 is 0 Å². The van der Waals surface area contributed by atoms with Gasteiger partial charge in [0.1, 0.15) is 64.0 Å². The van der Waals surface area contributed by atoms with E-state index in [0.29, 0.717) is 28.2 Å². The molecule has 9 nitrogen and oxygen atoms in total. The van der Waals surface area contributed by atoms with E-state index in [9.17, 15) is 35.7 Å². The molecular formula is C42H32O9. The molecule has 2 aliphatic heterocycles. The maximum atomic E-state index is 10.7. The van der Waals surface area contributed by atoms with Crippen molar-refractivity contribution in [3.8, 4) is 51.7 Å². The predicted octanol–water partition coefficient (Wildman–Crippen LogP) is 8.33. The number of ether oxygens (including phenoxy) is 2. The topological polar surface area (TPSA) is 160 Å². The zero-order valence-electron chi connectivity index (χ0n) is 26.9. The molecular weight excluding hydrogens is 648 g/mol. The van der Waals surface area contributed by atoms with Gasteiger partial charge in [-0.15, -0.1) is 0 Å². The van der Waals surface area contributed by atoms with Crippen molar-refractivity contribution in [1.29, 1.82) is 0 Å². The highest BCUT2D eigenvalue weighted by atomic mass is 16.5. The van der Waals surface area contributed by atoms with Crippen LogP contribution in [0.4, 0.5) is 0 Å². The van der Waals surface area contributed by atoms with Crippen LogP contribution in [-0.2, 0) is 0 Å². The molecule has 9 heteroatoms. The Kier molecular flexibility index (Phi) is 7.60. The average Bonchev–Trinajstić information content (AvgIpc) is 3.66. The first-order valence-electron chi connectivity index (χ1n) is 16.3. The number of hydrogen-bond acceptors (Lipinski definition) is 9. The van der Waals surface area contributed by atoms with Crippen LogP contribution in [0.15, 0.2) is 115 Å². The standard InChI is InChI=1S/C42H32O9/c43-27-8-1-22(2-9-27)3-14-34-39-35(50-41(23-4-10-28(44)11-5-23)37(39)25-15-30(46)19-31(47)16-25)21-36-40(34)38(26-17-32(48)20-33(49)18-26)42(51-36)24-6-12-29(45)13-7-24/h1-21,37-38,41-49H/t37-,38+,41-,42-/m1/s1. The van der Waals surface area contributed by atoms with Gasteiger partial charge >= 0.3 is 0 Å². The molecule has 0 aromatic heterocycles. The lowest BCUT2D eigenvalue weighted by molar-refractivity contribution is 0.212. The van der Waals surface area contributed by atoms with Crippen LogP contribution in [0.25, 0.3) is 12.2 Å². The number of phenols is 7. The minimum absolute atomic E-state index is 0.0863. The third-order valence-electron chi connectivity index (χ3n) is 9.46. The monoisotopic (exact) mass is 680 g/mol. The molecule has 0 saturated heterocycles. The first-order valence-corrected chi connectivity index (χ1v) is 16.3. The minimum atomic E-state index is -0.652. The molecule has 0 amide bonds. The predicted molar refractivity (Wildman–Crippen MR) is 190 cm³/mol. The fourth-order valence-electron chi connectivity index (χ4n) is 7.31. The van der Waals surface area contributed by atoms with Crippen molar-refractivity contribution in [3.63, 3.8) is 0 Å². The van der Waals surface area contributed by atoms with Gasteiger partial charge in [0.2, 0.25) is 0 Å². The zero-order valence-corrected chi connectivity index (χ0v) is 26.9. The van der Waals surface area contributed by atoms with Crippen molar-refractivity contribution in [2.24, 2.45) is 0 Å². The van der Waals surface area contributed by atoms with Crippen LogP contribution in [0, 0.1) is 0 Å². The van der Waals surface area contributed by atoms with Crippen LogP contribution in [0.1, 0.15) is 68.6 Å². The summed E-state index contributed by atoms with van der Waals surface area (Å²) < 4.78 is 13.5. The normalized spacial score (nSPS) is 19.0. The van der Waals surface area contributed by atoms with Crippen molar-refractivity contribution in [2.75, 3.05) is 0 Å². The molecule has 0 fully saturated rings. The van der Waals surface area contributed by atoms with Gasteiger partial charge in [0.15, 0.2) is 0 Å². The SMILES string of the molecule is Oc1ccc(C=Cc2c3c(cc4c2[C@H](c2cc(O)cc(O)c2)[C@@H](c2ccc(O)cc2)O4)O[C@H](c2ccc(O)cc2)[C@@H]3c2cc(O)cc(O)c2)cc1. The third-order valence-corrected chi connectivity index (χ3v) is 9.46. The Balaban J connectivity index is 1.42. The van der Waals surface area contributed by atoms with Gasteiger partial charge in [0.05, 0.1) is 11.8 Å². The summed E-state index contributed by atoms with van der Waals surface area (Å²) in [4.78, 5) is 0. The van der Waals surface area contributed by atoms with Crippen LogP contribution in [0.5, 0.6) is 51.7 Å². The van der Waals surface area contributed by atoms with Crippen LogP contribution in [0.3, 0.4) is 0 Å². The number of hydrogen-bond donors (Lipinski definition) is 7. The maximum Gasteiger partial charge on any atom is 0.135 e. The Morgan fingerprint density at radius 3 is 1.14 bits per heavy atom. The summed E-state index contributed by atoms with van der Waals surface area (Å²) in [7, 11) is 0. The van der Waals surface area contributed by atoms with Gasteiger partial charge in [-0.05, 0) is 94.0 Å². The van der Waals surface area contributed by atoms with Crippen LogP contribution in [-0.4, -0.2) is 35.7 Å². The van der Waals surface area contributed by atoms with Crippen molar-refractivity contribution < 1.29 is 45.2 Å². The Hall–Kier alpha value is -6.74. The zero-order chi connectivity index (χ0) is 35.4. The van der Waals surface area contributed by atoms with E-state index >= 15 is 0 Å². The molecule has 254 valence electrons. The minimum Gasteiger partial charge on any atom is -0.508 e. The van der Waals surface area contributed by atoms with E-state index in [-0.39, 0.29) is 40.2 Å². The molecule has 0 unspecified atom stereocenters. The summed E-state index contributed by atoms with van der Waals surface area (Å²) in [6.07, 6.45) is 2.52. The highest BCUT2D eigenvalue weighted by Crippen LogP contribution is 2.60. The molecule has 2 aliphatic rings. The van der Waals surface area contributed by atoms with E-state index in [2.05, 4.69) is 0 Å². The van der Waals surface area contributed by atoms with E-state index in [4.69, 9.17) is 9.47 Å². The second-order valence-corrected chi connectivity index (χ2v) is 12.8. The van der Waals surface area contributed by atoms with Gasteiger partial charge in [0, 0.05) is 29.3 Å². The van der Waals surface area contributed by atoms with Crippen molar-refractivity contribution in [1.82, 2.24) is 0 Å². The third kappa shape index (κ3) is 5.84. The fourth-order valence-corrected chi connectivity index (χ4v) is 7.31. The van der Waals surface area contributed by atoms with Gasteiger partial charge < -0.3 is 45.2 Å². The summed E-state index contributed by atoms with van der Waals surface area (Å²) >= 11 is 0. The van der Waals surface area contributed by atoms with Crippen molar-refractivity contribution in [2.45, 2.75) is 24.0 Å². The van der Waals surface area contributed by atoms with Crippen LogP contribution in [0.2, 0.25) is 0 Å². The molecule has 2 heterocycles. The molecule has 0 aliphatic carbocycles. The highest BCUT2D eigenvalue weighted by Gasteiger charge is 2.45. The van der Waals surface area contributed by atoms with Crippen molar-refractivity contribution in [3.05, 3.63) is 160 Å². The lowest BCUT2D eigenvalue weighted by atomic mass is 9.77. The molecule has 6 aromatic rings. The molecule has 0 spiro atoms. The largest absolute Gasteiger partial charge is 0.508 e. The highest BCUT2D eigenvalue weighted by molar-refractivity contribution is 5.80. The Morgan fingerprint density at radius 1 is 0.373 bits per heavy atom. The molecule has 0 bridgehead atoms. The number of fused-ring (bicyclic) bond motifs is 2. The molecule has 4 atom stereocenters. The van der Waals surface area contributed by atoms with E-state index in [1.54, 1.807) is 97.1 Å². The first-order chi connectivity index (χ1) is 24.6. The molecule has 6 aromatic carbocycles. The summed E-state index contributed by atoms with van der Waals surface area (Å²) in [5.41, 5.74) is 5.59. The quantitative estimate of drug-likeness (QED) is 0.0858. The Labute approximate surface area is 292 Å². The maximum absolute atomic E-state index is 10.7. The van der Waals surface area contributed by atoms with E-state index < -0.39 is 24.0 Å². The summed E-state index contributed by atoms with van der Waals surface area (Å²) in [6, 6.07) is 30.7. The smallest absolute Gasteiger partial charge is 0.135 e. The number of aromatic hydroxyl groups is 7. The summed E-state index contributed by atoms with van der Waals surface area (Å²) in [6.45, 7) is 0. The number of rotatable bonds is 6. The lowest BCUT2D eigenvalue weighted by Gasteiger charge is -2.24. The van der Waals surface area contributed by atoms with Gasteiger partial charge in [-0.1, -0.05) is 48.6 Å². The van der Waals surface area contributed by atoms with Gasteiger partial charge in [-0.25, -0.2) is 0 Å². The van der Waals surface area contributed by atoms with E-state index in [0.717, 1.165) is 27.8 Å². The lowest BCUT2D eigenvalue weighted by Crippen LogP contribution is -2.14. The molecule has 8 rings (SSSR count). The summed E-state index contributed by atoms with van der Waals surface area (Å²) in [5, 5.41) is 72.8. The first kappa shape index (κ1) is 31.5. The Morgan fingerprint density at radius 2 is 0.745 bits per heavy atom. The van der Waals surface area contributed by atoms with Gasteiger partial charge in [-0.2, -0.15) is 0 Å². The van der Waals surface area contributed by atoms with E-state index in [1.807, 2.05) is 18.2 Å². The second kappa shape index (κ2) is 12.3.